The minimum Gasteiger partial charge on any atom is -0.306 e. The number of likely N-dealkylation sites (tertiary alicyclic amines) is 1. The molecular weight excluding hydrogens is 448 g/mol. The van der Waals surface area contributed by atoms with Gasteiger partial charge in [0.15, 0.2) is 6.19 Å². The van der Waals surface area contributed by atoms with Crippen molar-refractivity contribution in [2.24, 2.45) is 0 Å². The van der Waals surface area contributed by atoms with E-state index < -0.39 is 16.1 Å². The van der Waals surface area contributed by atoms with Crippen molar-refractivity contribution in [1.29, 1.82) is 10.5 Å². The first kappa shape index (κ1) is 18.2. The van der Waals surface area contributed by atoms with Crippen LogP contribution in [-0.4, -0.2) is 42.8 Å². The lowest BCUT2D eigenvalue weighted by Gasteiger charge is -2.25. The summed E-state index contributed by atoms with van der Waals surface area (Å²) in [7, 11) is -3.86. The highest BCUT2D eigenvalue weighted by atomic mass is 79.9. The zero-order valence-electron chi connectivity index (χ0n) is 12.3. The van der Waals surface area contributed by atoms with E-state index in [1.165, 1.54) is 10.4 Å². The summed E-state index contributed by atoms with van der Waals surface area (Å²) in [5.74, 6) is 0. The Labute approximate surface area is 152 Å². The molecule has 1 aromatic rings. The van der Waals surface area contributed by atoms with Gasteiger partial charge in [-0.25, -0.2) is 8.42 Å². The zero-order valence-corrected chi connectivity index (χ0v) is 16.3. The van der Waals surface area contributed by atoms with Crippen LogP contribution in [0.15, 0.2) is 32.0 Å². The SMILES string of the molecule is CC1CC(N(CC#N)S(=O)(=O)c2cc(Br)ccc2Br)CN1C#N. The molecule has 0 bridgehead atoms. The molecule has 0 N–H and O–H groups in total. The van der Waals surface area contributed by atoms with Gasteiger partial charge in [0.1, 0.15) is 6.54 Å². The van der Waals surface area contributed by atoms with E-state index in [4.69, 9.17) is 10.5 Å². The van der Waals surface area contributed by atoms with Crippen LogP contribution in [0.4, 0.5) is 0 Å². The van der Waals surface area contributed by atoms with Gasteiger partial charge in [0.05, 0.1) is 11.0 Å². The van der Waals surface area contributed by atoms with Gasteiger partial charge in [-0.05, 0) is 47.5 Å². The largest absolute Gasteiger partial charge is 0.306 e. The topological polar surface area (TPSA) is 88.2 Å². The number of halogens is 2. The Morgan fingerprint density at radius 3 is 2.65 bits per heavy atom. The molecule has 0 aliphatic carbocycles. The van der Waals surface area contributed by atoms with Gasteiger partial charge < -0.3 is 4.90 Å². The molecule has 2 unspecified atom stereocenters. The molecule has 0 spiro atoms. The second-order valence-electron chi connectivity index (χ2n) is 5.27. The Morgan fingerprint density at radius 1 is 1.39 bits per heavy atom. The molecule has 9 heteroatoms. The summed E-state index contributed by atoms with van der Waals surface area (Å²) in [4.78, 5) is 1.64. The van der Waals surface area contributed by atoms with Gasteiger partial charge in [0, 0.05) is 27.6 Å². The van der Waals surface area contributed by atoms with Crippen LogP contribution in [0.1, 0.15) is 13.3 Å². The molecule has 122 valence electrons. The fourth-order valence-electron chi connectivity index (χ4n) is 2.63. The minimum absolute atomic E-state index is 0.0488. The Kier molecular flexibility index (Phi) is 5.69. The summed E-state index contributed by atoms with van der Waals surface area (Å²) in [5, 5.41) is 18.2. The number of rotatable bonds is 4. The second-order valence-corrected chi connectivity index (χ2v) is 8.90. The van der Waals surface area contributed by atoms with Crippen LogP contribution in [0, 0.1) is 22.8 Å². The van der Waals surface area contributed by atoms with Crippen LogP contribution in [0.25, 0.3) is 0 Å². The van der Waals surface area contributed by atoms with Gasteiger partial charge >= 0.3 is 0 Å². The molecule has 6 nitrogen and oxygen atoms in total. The Morgan fingerprint density at radius 2 is 2.09 bits per heavy atom. The van der Waals surface area contributed by atoms with Gasteiger partial charge in [-0.3, -0.25) is 0 Å². The quantitative estimate of drug-likeness (QED) is 0.508. The molecule has 0 amide bonds. The van der Waals surface area contributed by atoms with Crippen molar-refractivity contribution in [3.8, 4) is 12.3 Å². The van der Waals surface area contributed by atoms with Crippen LogP contribution in [0.2, 0.25) is 0 Å². The molecule has 1 fully saturated rings. The number of hydrogen-bond donors (Lipinski definition) is 0. The third kappa shape index (κ3) is 3.69. The van der Waals surface area contributed by atoms with E-state index in [2.05, 4.69) is 38.1 Å². The van der Waals surface area contributed by atoms with E-state index in [1.54, 1.807) is 17.0 Å². The van der Waals surface area contributed by atoms with Crippen molar-refractivity contribution in [2.75, 3.05) is 13.1 Å². The molecule has 0 aromatic heterocycles. The standard InChI is InChI=1S/C14H14Br2N4O2S/c1-10-6-12(8-19(10)9-18)20(5-4-17)23(21,22)14-7-11(15)2-3-13(14)16/h2-3,7,10,12H,5-6,8H2,1H3. The van der Waals surface area contributed by atoms with Crippen molar-refractivity contribution in [2.45, 2.75) is 30.3 Å². The average molecular weight is 462 g/mol. The van der Waals surface area contributed by atoms with Crippen LogP contribution in [-0.2, 0) is 10.0 Å². The van der Waals surface area contributed by atoms with Gasteiger partial charge in [0.2, 0.25) is 10.0 Å². The van der Waals surface area contributed by atoms with Gasteiger partial charge in [-0.2, -0.15) is 14.8 Å². The molecule has 1 saturated heterocycles. The average Bonchev–Trinajstić information content (AvgIpc) is 2.87. The molecular formula is C14H14Br2N4O2S. The van der Waals surface area contributed by atoms with E-state index in [0.29, 0.717) is 21.9 Å². The lowest BCUT2D eigenvalue weighted by atomic mass is 10.2. The third-order valence-electron chi connectivity index (χ3n) is 3.79. The summed E-state index contributed by atoms with van der Waals surface area (Å²) in [5.41, 5.74) is 0. The third-order valence-corrected chi connectivity index (χ3v) is 7.18. The summed E-state index contributed by atoms with van der Waals surface area (Å²) in [6, 6.07) is 6.34. The van der Waals surface area contributed by atoms with Crippen LogP contribution < -0.4 is 0 Å². The molecule has 1 aliphatic heterocycles. The van der Waals surface area contributed by atoms with E-state index in [1.807, 2.05) is 13.0 Å². The highest BCUT2D eigenvalue weighted by molar-refractivity contribution is 9.11. The summed E-state index contributed by atoms with van der Waals surface area (Å²) in [6.07, 6.45) is 2.58. The number of nitriles is 2. The number of hydrogen-bond acceptors (Lipinski definition) is 5. The predicted molar refractivity (Wildman–Crippen MR) is 91.5 cm³/mol. The van der Waals surface area contributed by atoms with E-state index >= 15 is 0 Å². The normalized spacial score (nSPS) is 21.2. The fourth-order valence-corrected chi connectivity index (χ4v) is 5.62. The van der Waals surface area contributed by atoms with Gasteiger partial charge in [-0.1, -0.05) is 15.9 Å². The van der Waals surface area contributed by atoms with Crippen LogP contribution >= 0.6 is 31.9 Å². The highest BCUT2D eigenvalue weighted by Crippen LogP contribution is 2.31. The van der Waals surface area contributed by atoms with Crippen molar-refractivity contribution in [3.63, 3.8) is 0 Å². The number of nitrogens with zero attached hydrogens (tertiary/aromatic N) is 4. The molecule has 2 rings (SSSR count). The smallest absolute Gasteiger partial charge is 0.245 e. The maximum Gasteiger partial charge on any atom is 0.245 e. The van der Waals surface area contributed by atoms with Crippen LogP contribution in [0.3, 0.4) is 0 Å². The molecule has 1 aliphatic rings. The van der Waals surface area contributed by atoms with Gasteiger partial charge in [0.25, 0.3) is 0 Å². The molecule has 0 saturated carbocycles. The molecule has 1 aromatic carbocycles. The predicted octanol–water partition coefficient (Wildman–Crippen LogP) is 2.67. The fraction of sp³-hybridized carbons (Fsp3) is 0.429. The van der Waals surface area contributed by atoms with E-state index in [0.717, 1.165) is 0 Å². The zero-order chi connectivity index (χ0) is 17.2. The van der Waals surface area contributed by atoms with E-state index in [9.17, 15) is 8.42 Å². The summed E-state index contributed by atoms with van der Waals surface area (Å²) in [6.45, 7) is 1.91. The molecule has 2 atom stereocenters. The van der Waals surface area contributed by atoms with Gasteiger partial charge in [-0.15, -0.1) is 0 Å². The first-order valence-corrected chi connectivity index (χ1v) is 9.84. The molecule has 1 heterocycles. The maximum atomic E-state index is 13.0. The Bertz CT molecular complexity index is 785. The Balaban J connectivity index is 2.43. The highest BCUT2D eigenvalue weighted by Gasteiger charge is 2.39. The van der Waals surface area contributed by atoms with Crippen molar-refractivity contribution >= 4 is 41.9 Å². The summed E-state index contributed by atoms with van der Waals surface area (Å²) >= 11 is 6.53. The minimum atomic E-state index is -3.86. The number of benzene rings is 1. The second kappa shape index (κ2) is 7.18. The molecule has 0 radical (unpaired) electrons. The maximum absolute atomic E-state index is 13.0. The number of sulfonamides is 1. The Hall–Kier alpha value is -1.13. The van der Waals surface area contributed by atoms with Crippen molar-refractivity contribution < 1.29 is 8.42 Å². The monoisotopic (exact) mass is 460 g/mol. The summed E-state index contributed by atoms with van der Waals surface area (Å²) < 4.78 is 28.3. The molecule has 23 heavy (non-hydrogen) atoms. The van der Waals surface area contributed by atoms with Crippen molar-refractivity contribution in [1.82, 2.24) is 9.21 Å². The first-order valence-electron chi connectivity index (χ1n) is 6.81. The van der Waals surface area contributed by atoms with Crippen molar-refractivity contribution in [3.05, 3.63) is 27.1 Å². The lowest BCUT2D eigenvalue weighted by Crippen LogP contribution is -2.42. The van der Waals surface area contributed by atoms with Crippen LogP contribution in [0.5, 0.6) is 0 Å². The van der Waals surface area contributed by atoms with E-state index in [-0.39, 0.29) is 17.5 Å². The lowest BCUT2D eigenvalue weighted by molar-refractivity contribution is 0.341. The first-order chi connectivity index (χ1) is 10.8.